The van der Waals surface area contributed by atoms with Crippen molar-refractivity contribution in [1.82, 2.24) is 10.1 Å². The summed E-state index contributed by atoms with van der Waals surface area (Å²) in [6.45, 7) is 1.07. The van der Waals surface area contributed by atoms with E-state index in [1.807, 2.05) is 6.08 Å². The summed E-state index contributed by atoms with van der Waals surface area (Å²) in [5.74, 6) is 0.903. The summed E-state index contributed by atoms with van der Waals surface area (Å²) >= 11 is 0. The Morgan fingerprint density at radius 3 is 2.48 bits per heavy atom. The van der Waals surface area contributed by atoms with E-state index in [0.29, 0.717) is 24.4 Å². The minimum atomic E-state index is -4.47. The summed E-state index contributed by atoms with van der Waals surface area (Å²) in [7, 11) is 0. The molecule has 2 heterocycles. The number of likely N-dealkylation sites (tertiary alicyclic amines) is 1. The number of amides is 1. The third-order valence-corrected chi connectivity index (χ3v) is 6.84. The van der Waals surface area contributed by atoms with Crippen molar-refractivity contribution in [2.24, 2.45) is 5.41 Å². The molecule has 1 saturated heterocycles. The van der Waals surface area contributed by atoms with Gasteiger partial charge in [-0.3, -0.25) is 0 Å². The Hall–Kier alpha value is -2.77. The topological polar surface area (TPSA) is 66.6 Å². The van der Waals surface area contributed by atoms with E-state index < -0.39 is 17.8 Å². The number of allylic oxidation sites excluding steroid dienone is 1. The third-order valence-electron chi connectivity index (χ3n) is 6.84. The molecule has 31 heavy (non-hydrogen) atoms. The lowest BCUT2D eigenvalue weighted by atomic mass is 9.60. The number of alkyl halides is 3. The van der Waals surface area contributed by atoms with Crippen molar-refractivity contribution in [3.8, 4) is 11.3 Å². The molecule has 2 aliphatic carbocycles. The molecule has 3 fully saturated rings. The van der Waals surface area contributed by atoms with E-state index in [1.165, 1.54) is 22.6 Å². The number of piperidine rings is 1. The predicted molar refractivity (Wildman–Crippen MR) is 107 cm³/mol. The fourth-order valence-corrected chi connectivity index (χ4v) is 4.96. The Kier molecular flexibility index (Phi) is 4.64. The van der Waals surface area contributed by atoms with Crippen molar-refractivity contribution in [1.29, 1.82) is 0 Å². The molecule has 1 spiro atoms. The van der Waals surface area contributed by atoms with Crippen LogP contribution in [-0.4, -0.2) is 34.3 Å². The van der Waals surface area contributed by atoms with Crippen LogP contribution in [0.3, 0.4) is 0 Å². The first kappa shape index (κ1) is 20.2. The molecular weight excluding hydrogens is 409 g/mol. The Bertz CT molecular complexity index is 1030. The maximum Gasteiger partial charge on any atom is 0.417 e. The Morgan fingerprint density at radius 2 is 1.87 bits per heavy atom. The van der Waals surface area contributed by atoms with Crippen LogP contribution in [0, 0.1) is 5.41 Å². The number of nitrogens with zero attached hydrogens (tertiary/aromatic N) is 2. The maximum atomic E-state index is 13.6. The molecule has 2 aromatic rings. The number of carbonyl (C=O) groups is 1. The van der Waals surface area contributed by atoms with Gasteiger partial charge in [-0.15, -0.1) is 0 Å². The normalized spacial score (nSPS) is 20.6. The summed E-state index contributed by atoms with van der Waals surface area (Å²) in [6, 6.07) is 5.49. The first-order valence-corrected chi connectivity index (χ1v) is 10.6. The smallest absolute Gasteiger partial charge is 0.417 e. The van der Waals surface area contributed by atoms with Gasteiger partial charge in [-0.2, -0.15) is 13.2 Å². The van der Waals surface area contributed by atoms with Gasteiger partial charge in [0.15, 0.2) is 0 Å². The maximum absolute atomic E-state index is 13.6. The van der Waals surface area contributed by atoms with Gasteiger partial charge >= 0.3 is 12.3 Å². The molecule has 3 aliphatic rings. The van der Waals surface area contributed by atoms with Gasteiger partial charge in [-0.25, -0.2) is 4.79 Å². The number of halogens is 3. The van der Waals surface area contributed by atoms with Gasteiger partial charge in [0.25, 0.3) is 0 Å². The molecule has 1 amide bonds. The van der Waals surface area contributed by atoms with Crippen molar-refractivity contribution in [3.63, 3.8) is 0 Å². The summed E-state index contributed by atoms with van der Waals surface area (Å²) in [5, 5.41) is 13.2. The SMILES string of the molecule is O=C(O)N1CCC2(CC1)CC(=Cc1c(-c3ccccc3C(F)(F)F)noc1C1CC1)C2. The van der Waals surface area contributed by atoms with Gasteiger partial charge in [-0.1, -0.05) is 28.9 Å². The minimum Gasteiger partial charge on any atom is -0.465 e. The average Bonchev–Trinajstić information content (AvgIpc) is 3.47. The summed E-state index contributed by atoms with van der Waals surface area (Å²) in [5.41, 5.74) is 1.53. The standard InChI is InChI=1S/C23H23F3N2O3/c24-23(25,26)18-4-2-1-3-16(18)19-17(20(31-27-19)15-5-6-15)11-14-12-22(13-14)7-9-28(10-8-22)21(29)30/h1-4,11,15H,5-10,12-13H2,(H,29,30). The van der Waals surface area contributed by atoms with Crippen molar-refractivity contribution in [2.75, 3.05) is 13.1 Å². The van der Waals surface area contributed by atoms with Crippen LogP contribution >= 0.6 is 0 Å². The first-order chi connectivity index (χ1) is 14.8. The fraction of sp³-hybridized carbons (Fsp3) is 0.478. The largest absolute Gasteiger partial charge is 0.465 e. The van der Waals surface area contributed by atoms with Crippen LogP contribution in [0.2, 0.25) is 0 Å². The Morgan fingerprint density at radius 1 is 1.19 bits per heavy atom. The van der Waals surface area contributed by atoms with Crippen LogP contribution in [0.1, 0.15) is 61.3 Å². The van der Waals surface area contributed by atoms with Crippen LogP contribution in [0.5, 0.6) is 0 Å². The van der Waals surface area contributed by atoms with Gasteiger partial charge in [0.2, 0.25) is 0 Å². The lowest BCUT2D eigenvalue weighted by molar-refractivity contribution is -0.137. The average molecular weight is 432 g/mol. The van der Waals surface area contributed by atoms with E-state index in [4.69, 9.17) is 9.63 Å². The Labute approximate surface area is 177 Å². The predicted octanol–water partition coefficient (Wildman–Crippen LogP) is 6.18. The van der Waals surface area contributed by atoms with Crippen LogP contribution in [0.15, 0.2) is 34.4 Å². The van der Waals surface area contributed by atoms with Gasteiger partial charge in [0, 0.05) is 30.1 Å². The van der Waals surface area contributed by atoms with Crippen LogP contribution in [0.25, 0.3) is 17.3 Å². The molecule has 164 valence electrons. The molecular formula is C23H23F3N2O3. The zero-order valence-corrected chi connectivity index (χ0v) is 16.9. The highest BCUT2D eigenvalue weighted by Crippen LogP contribution is 2.54. The second-order valence-electron chi connectivity index (χ2n) is 9.05. The number of benzene rings is 1. The monoisotopic (exact) mass is 432 g/mol. The van der Waals surface area contributed by atoms with Crippen molar-refractivity contribution in [3.05, 3.63) is 46.7 Å². The summed E-state index contributed by atoms with van der Waals surface area (Å²) in [4.78, 5) is 12.6. The fourth-order valence-electron chi connectivity index (χ4n) is 4.96. The molecule has 0 atom stereocenters. The van der Waals surface area contributed by atoms with Gasteiger partial charge < -0.3 is 14.5 Å². The number of hydrogen-bond acceptors (Lipinski definition) is 3. The van der Waals surface area contributed by atoms with E-state index in [-0.39, 0.29) is 22.6 Å². The lowest BCUT2D eigenvalue weighted by Gasteiger charge is -2.49. The zero-order valence-electron chi connectivity index (χ0n) is 16.9. The number of hydrogen-bond donors (Lipinski definition) is 1. The second kappa shape index (κ2) is 7.14. The molecule has 1 N–H and O–H groups in total. The van der Waals surface area contributed by atoms with Gasteiger partial charge in [0.1, 0.15) is 11.5 Å². The van der Waals surface area contributed by atoms with Crippen molar-refractivity contribution >= 4 is 12.2 Å². The molecule has 0 bridgehead atoms. The lowest BCUT2D eigenvalue weighted by Crippen LogP contribution is -2.46. The highest BCUT2D eigenvalue weighted by Gasteiger charge is 2.44. The van der Waals surface area contributed by atoms with Crippen LogP contribution < -0.4 is 0 Å². The summed E-state index contributed by atoms with van der Waals surface area (Å²) in [6.07, 6.45) is 1.86. The highest BCUT2D eigenvalue weighted by atomic mass is 19.4. The van der Waals surface area contributed by atoms with E-state index in [9.17, 15) is 18.0 Å². The molecule has 1 aromatic heterocycles. The summed E-state index contributed by atoms with van der Waals surface area (Å²) < 4.78 is 46.3. The van der Waals surface area contributed by atoms with Gasteiger partial charge in [-0.05, 0) is 56.1 Å². The molecule has 0 radical (unpaired) electrons. The molecule has 2 saturated carbocycles. The van der Waals surface area contributed by atoms with E-state index in [0.717, 1.165) is 44.6 Å². The van der Waals surface area contributed by atoms with E-state index in [2.05, 4.69) is 5.16 Å². The molecule has 1 aliphatic heterocycles. The highest BCUT2D eigenvalue weighted by molar-refractivity contribution is 5.77. The zero-order chi connectivity index (χ0) is 21.8. The second-order valence-corrected chi connectivity index (χ2v) is 9.05. The van der Waals surface area contributed by atoms with Crippen molar-refractivity contribution in [2.45, 2.75) is 50.6 Å². The molecule has 8 heteroatoms. The van der Waals surface area contributed by atoms with E-state index in [1.54, 1.807) is 6.07 Å². The quantitative estimate of drug-likeness (QED) is 0.629. The molecule has 5 rings (SSSR count). The molecule has 0 unspecified atom stereocenters. The third kappa shape index (κ3) is 3.72. The molecule has 1 aromatic carbocycles. The van der Waals surface area contributed by atoms with Gasteiger partial charge in [0.05, 0.1) is 5.56 Å². The Balaban J connectivity index is 1.44. The number of carboxylic acid groups (broad SMARTS) is 1. The number of rotatable bonds is 3. The van der Waals surface area contributed by atoms with Crippen LogP contribution in [-0.2, 0) is 6.18 Å². The number of aromatic nitrogens is 1. The van der Waals surface area contributed by atoms with E-state index >= 15 is 0 Å². The van der Waals surface area contributed by atoms with Crippen LogP contribution in [0.4, 0.5) is 18.0 Å². The first-order valence-electron chi connectivity index (χ1n) is 10.6. The molecule has 5 nitrogen and oxygen atoms in total. The minimum absolute atomic E-state index is 0.0429. The van der Waals surface area contributed by atoms with Crippen molar-refractivity contribution < 1.29 is 27.6 Å².